The van der Waals surface area contributed by atoms with E-state index in [1.54, 1.807) is 6.07 Å². The van der Waals surface area contributed by atoms with Crippen LogP contribution in [0.4, 0.5) is 5.69 Å². The van der Waals surface area contributed by atoms with Gasteiger partial charge in [0.25, 0.3) is 0 Å². The minimum atomic E-state index is 0.402. The van der Waals surface area contributed by atoms with Crippen molar-refractivity contribution in [2.24, 2.45) is 0 Å². The third-order valence-corrected chi connectivity index (χ3v) is 3.24. The van der Waals surface area contributed by atoms with E-state index in [4.69, 9.17) is 10.5 Å². The fourth-order valence-corrected chi connectivity index (χ4v) is 2.15. The summed E-state index contributed by atoms with van der Waals surface area (Å²) < 4.78 is 5.69. The van der Waals surface area contributed by atoms with Crippen LogP contribution in [0.1, 0.15) is 18.3 Å². The molecule has 0 aliphatic carbocycles. The molecular formula is C16H17N3O. The number of H-pyrrole nitrogens is 1. The Morgan fingerprint density at radius 1 is 1.20 bits per heavy atom. The van der Waals surface area contributed by atoms with Crippen LogP contribution >= 0.6 is 0 Å². The molecule has 3 rings (SSSR count). The molecule has 0 aliphatic heterocycles. The number of aromatic amines is 1. The molecule has 0 spiro atoms. The number of nitrogens with zero attached hydrogens (tertiary/aromatic N) is 1. The van der Waals surface area contributed by atoms with E-state index in [1.165, 1.54) is 5.56 Å². The van der Waals surface area contributed by atoms with Gasteiger partial charge in [-0.25, -0.2) is 4.98 Å². The smallest absolute Gasteiger partial charge is 0.146 e. The number of anilines is 1. The highest BCUT2D eigenvalue weighted by Crippen LogP contribution is 2.18. The van der Waals surface area contributed by atoms with Gasteiger partial charge in [0.05, 0.1) is 11.0 Å². The standard InChI is InChI=1S/C16H17N3O/c1-2-11-6-7-14-15(8-11)19-16(18-14)10-20-13-5-3-4-12(17)9-13/h3-9H,2,10,17H2,1H3,(H,18,19). The third-order valence-electron chi connectivity index (χ3n) is 3.24. The Kier molecular flexibility index (Phi) is 3.29. The quantitative estimate of drug-likeness (QED) is 0.713. The third kappa shape index (κ3) is 2.59. The monoisotopic (exact) mass is 267 g/mol. The van der Waals surface area contributed by atoms with E-state index in [2.05, 4.69) is 29.0 Å². The molecule has 0 atom stereocenters. The van der Waals surface area contributed by atoms with E-state index < -0.39 is 0 Å². The second-order valence-electron chi connectivity index (χ2n) is 4.75. The second kappa shape index (κ2) is 5.25. The van der Waals surface area contributed by atoms with Gasteiger partial charge < -0.3 is 15.5 Å². The Morgan fingerprint density at radius 3 is 2.90 bits per heavy atom. The summed E-state index contributed by atoms with van der Waals surface area (Å²) in [4.78, 5) is 7.80. The first-order chi connectivity index (χ1) is 9.74. The number of hydrogen-bond acceptors (Lipinski definition) is 3. The summed E-state index contributed by atoms with van der Waals surface area (Å²) in [5.41, 5.74) is 9.72. The maximum Gasteiger partial charge on any atom is 0.146 e. The molecule has 3 N–H and O–H groups in total. The number of aromatic nitrogens is 2. The predicted molar refractivity (Wildman–Crippen MR) is 80.7 cm³/mol. The summed E-state index contributed by atoms with van der Waals surface area (Å²) in [6.07, 6.45) is 1.02. The highest BCUT2D eigenvalue weighted by atomic mass is 16.5. The van der Waals surface area contributed by atoms with Crippen molar-refractivity contribution >= 4 is 16.7 Å². The average Bonchev–Trinajstić information content (AvgIpc) is 2.87. The molecular weight excluding hydrogens is 250 g/mol. The van der Waals surface area contributed by atoms with Crippen molar-refractivity contribution in [2.75, 3.05) is 5.73 Å². The molecule has 1 aromatic heterocycles. The molecule has 0 aliphatic rings. The lowest BCUT2D eigenvalue weighted by atomic mass is 10.1. The molecule has 102 valence electrons. The van der Waals surface area contributed by atoms with Crippen LogP contribution < -0.4 is 10.5 Å². The lowest BCUT2D eigenvalue weighted by Crippen LogP contribution is -1.97. The van der Waals surface area contributed by atoms with Gasteiger partial charge in [0.15, 0.2) is 0 Å². The summed E-state index contributed by atoms with van der Waals surface area (Å²) in [5, 5.41) is 0. The summed E-state index contributed by atoms with van der Waals surface area (Å²) in [5.74, 6) is 1.57. The van der Waals surface area contributed by atoms with Gasteiger partial charge in [-0.15, -0.1) is 0 Å². The topological polar surface area (TPSA) is 63.9 Å². The molecule has 0 saturated heterocycles. The van der Waals surface area contributed by atoms with Gasteiger partial charge in [-0.05, 0) is 36.2 Å². The fraction of sp³-hybridized carbons (Fsp3) is 0.188. The molecule has 0 amide bonds. The molecule has 0 radical (unpaired) electrons. The zero-order valence-electron chi connectivity index (χ0n) is 11.4. The first-order valence-electron chi connectivity index (χ1n) is 6.70. The van der Waals surface area contributed by atoms with Gasteiger partial charge >= 0.3 is 0 Å². The van der Waals surface area contributed by atoms with Crippen LogP contribution in [0.2, 0.25) is 0 Å². The second-order valence-corrected chi connectivity index (χ2v) is 4.75. The molecule has 4 heteroatoms. The molecule has 4 nitrogen and oxygen atoms in total. The lowest BCUT2D eigenvalue weighted by molar-refractivity contribution is 0.297. The van der Waals surface area contributed by atoms with Crippen LogP contribution in [-0.2, 0) is 13.0 Å². The Labute approximate surface area is 117 Å². The Hall–Kier alpha value is -2.49. The first kappa shape index (κ1) is 12.5. The van der Waals surface area contributed by atoms with Crippen molar-refractivity contribution in [3.05, 3.63) is 53.9 Å². The molecule has 0 fully saturated rings. The van der Waals surface area contributed by atoms with E-state index >= 15 is 0 Å². The largest absolute Gasteiger partial charge is 0.486 e. The summed E-state index contributed by atoms with van der Waals surface area (Å²) in [6.45, 7) is 2.54. The first-order valence-corrected chi connectivity index (χ1v) is 6.70. The van der Waals surface area contributed by atoms with Gasteiger partial charge in [0, 0.05) is 11.8 Å². The summed E-state index contributed by atoms with van der Waals surface area (Å²) in [6, 6.07) is 13.7. The van der Waals surface area contributed by atoms with E-state index in [0.29, 0.717) is 12.3 Å². The van der Waals surface area contributed by atoms with Gasteiger partial charge in [0.2, 0.25) is 0 Å². The molecule has 0 bridgehead atoms. The molecule has 0 saturated carbocycles. The van der Waals surface area contributed by atoms with Crippen LogP contribution in [-0.4, -0.2) is 9.97 Å². The van der Waals surface area contributed by atoms with Gasteiger partial charge in [-0.2, -0.15) is 0 Å². The van der Waals surface area contributed by atoms with Crippen molar-refractivity contribution in [3.8, 4) is 5.75 Å². The molecule has 0 unspecified atom stereocenters. The van der Waals surface area contributed by atoms with E-state index in [1.807, 2.05) is 24.3 Å². The number of benzene rings is 2. The number of nitrogen functional groups attached to an aromatic ring is 1. The predicted octanol–water partition coefficient (Wildman–Crippen LogP) is 3.29. The van der Waals surface area contributed by atoms with Gasteiger partial charge in [-0.3, -0.25) is 0 Å². The number of nitrogens with two attached hydrogens (primary N) is 1. The van der Waals surface area contributed by atoms with Gasteiger partial charge in [-0.1, -0.05) is 19.1 Å². The molecule has 1 heterocycles. The number of imidazole rings is 1. The SMILES string of the molecule is CCc1ccc2nc(COc3cccc(N)c3)[nH]c2c1. The number of ether oxygens (including phenoxy) is 1. The van der Waals surface area contributed by atoms with Crippen molar-refractivity contribution < 1.29 is 4.74 Å². The van der Waals surface area contributed by atoms with Crippen LogP contribution in [0.5, 0.6) is 5.75 Å². The number of aryl methyl sites for hydroxylation is 1. The van der Waals surface area contributed by atoms with Crippen molar-refractivity contribution in [3.63, 3.8) is 0 Å². The van der Waals surface area contributed by atoms with Crippen molar-refractivity contribution in [1.29, 1.82) is 0 Å². The van der Waals surface area contributed by atoms with Crippen LogP contribution in [0.15, 0.2) is 42.5 Å². The molecule has 20 heavy (non-hydrogen) atoms. The normalized spacial score (nSPS) is 10.8. The number of fused-ring (bicyclic) bond motifs is 1. The zero-order valence-corrected chi connectivity index (χ0v) is 11.4. The van der Waals surface area contributed by atoms with Crippen LogP contribution in [0, 0.1) is 0 Å². The maximum absolute atomic E-state index is 5.72. The summed E-state index contributed by atoms with van der Waals surface area (Å²) in [7, 11) is 0. The Balaban J connectivity index is 1.77. The zero-order chi connectivity index (χ0) is 13.9. The Bertz CT molecular complexity index is 733. The number of hydrogen-bond donors (Lipinski definition) is 2. The van der Waals surface area contributed by atoms with E-state index in [-0.39, 0.29) is 0 Å². The highest BCUT2D eigenvalue weighted by Gasteiger charge is 2.04. The van der Waals surface area contributed by atoms with Crippen LogP contribution in [0.3, 0.4) is 0 Å². The number of rotatable bonds is 4. The lowest BCUT2D eigenvalue weighted by Gasteiger charge is -2.04. The maximum atomic E-state index is 5.72. The minimum absolute atomic E-state index is 0.402. The minimum Gasteiger partial charge on any atom is -0.486 e. The van der Waals surface area contributed by atoms with E-state index in [9.17, 15) is 0 Å². The average molecular weight is 267 g/mol. The fourth-order valence-electron chi connectivity index (χ4n) is 2.15. The van der Waals surface area contributed by atoms with E-state index in [0.717, 1.165) is 29.0 Å². The van der Waals surface area contributed by atoms with Gasteiger partial charge in [0.1, 0.15) is 18.2 Å². The van der Waals surface area contributed by atoms with Crippen molar-refractivity contribution in [2.45, 2.75) is 20.0 Å². The number of nitrogens with one attached hydrogen (secondary N) is 1. The molecule has 3 aromatic rings. The highest BCUT2D eigenvalue weighted by molar-refractivity contribution is 5.75. The Morgan fingerprint density at radius 2 is 2.10 bits per heavy atom. The van der Waals surface area contributed by atoms with Crippen molar-refractivity contribution in [1.82, 2.24) is 9.97 Å². The molecule has 2 aromatic carbocycles. The summed E-state index contributed by atoms with van der Waals surface area (Å²) >= 11 is 0. The van der Waals surface area contributed by atoms with Crippen LogP contribution in [0.25, 0.3) is 11.0 Å².